The van der Waals surface area contributed by atoms with Gasteiger partial charge in [0.2, 0.25) is 0 Å². The van der Waals surface area contributed by atoms with Gasteiger partial charge in [0, 0.05) is 19.2 Å². The van der Waals surface area contributed by atoms with Crippen molar-refractivity contribution < 1.29 is 18.7 Å². The van der Waals surface area contributed by atoms with Gasteiger partial charge in [0.05, 0.1) is 29.2 Å². The van der Waals surface area contributed by atoms with Gasteiger partial charge in [0.1, 0.15) is 18.0 Å². The van der Waals surface area contributed by atoms with Crippen molar-refractivity contribution in [2.24, 2.45) is 5.92 Å². The fraction of sp³-hybridized carbons (Fsp3) is 0.353. The number of hydrogen-bond acceptors (Lipinski definition) is 6. The minimum absolute atomic E-state index is 0.319. The summed E-state index contributed by atoms with van der Waals surface area (Å²) in [5, 5.41) is 16.3. The molecule has 8 nitrogen and oxygen atoms in total. The lowest BCUT2D eigenvalue weighted by Crippen LogP contribution is -2.39. The van der Waals surface area contributed by atoms with Gasteiger partial charge in [-0.1, -0.05) is 0 Å². The standard InChI is InChI=1S/C17H18F2N6O2/c18-16(19)11(20)3-4-14-21-7-13(24-14)12-6-15(23-9-22-12)25-5-1-2-10(8-25)17(26)27/h3-4,6-7,9-10,16,20H,1-2,5,8H2,(H,21,24)(H,26,27)/b4-3-,20-11?/t10-/m0/s1. The van der Waals surface area contributed by atoms with Gasteiger partial charge in [0.25, 0.3) is 6.43 Å². The molecule has 0 saturated carbocycles. The number of nitrogens with one attached hydrogen (secondary N) is 2. The molecule has 27 heavy (non-hydrogen) atoms. The molecule has 10 heteroatoms. The molecule has 0 amide bonds. The van der Waals surface area contributed by atoms with Crippen molar-refractivity contribution in [3.8, 4) is 11.4 Å². The van der Waals surface area contributed by atoms with E-state index >= 15 is 0 Å². The monoisotopic (exact) mass is 376 g/mol. The molecule has 1 fully saturated rings. The Morgan fingerprint density at radius 2 is 2.22 bits per heavy atom. The van der Waals surface area contributed by atoms with E-state index in [4.69, 9.17) is 5.41 Å². The highest BCUT2D eigenvalue weighted by Crippen LogP contribution is 2.24. The number of carbonyl (C=O) groups is 1. The Balaban J connectivity index is 1.76. The largest absolute Gasteiger partial charge is 0.481 e. The molecule has 0 unspecified atom stereocenters. The first-order valence-electron chi connectivity index (χ1n) is 8.34. The number of H-pyrrole nitrogens is 1. The van der Waals surface area contributed by atoms with Gasteiger partial charge < -0.3 is 15.0 Å². The Hall–Kier alpha value is -3.17. The van der Waals surface area contributed by atoms with Crippen LogP contribution in [0.25, 0.3) is 17.5 Å². The lowest BCUT2D eigenvalue weighted by atomic mass is 9.98. The maximum Gasteiger partial charge on any atom is 0.308 e. The molecule has 142 valence electrons. The molecule has 1 aliphatic heterocycles. The number of allylic oxidation sites excluding steroid dienone is 1. The minimum Gasteiger partial charge on any atom is -0.481 e. The Kier molecular flexibility index (Phi) is 5.53. The summed E-state index contributed by atoms with van der Waals surface area (Å²) in [5.74, 6) is -0.295. The van der Waals surface area contributed by atoms with E-state index in [-0.39, 0.29) is 0 Å². The summed E-state index contributed by atoms with van der Waals surface area (Å²) in [6, 6.07) is 1.73. The van der Waals surface area contributed by atoms with Crippen LogP contribution < -0.4 is 4.90 Å². The van der Waals surface area contributed by atoms with E-state index in [1.165, 1.54) is 18.6 Å². The summed E-state index contributed by atoms with van der Waals surface area (Å²) in [6.45, 7) is 1.10. The average Bonchev–Trinajstić information content (AvgIpc) is 3.15. The number of rotatable bonds is 6. The molecule has 1 saturated heterocycles. The normalized spacial score (nSPS) is 17.6. The van der Waals surface area contributed by atoms with Crippen LogP contribution in [0.2, 0.25) is 0 Å². The number of anilines is 1. The van der Waals surface area contributed by atoms with Crippen molar-refractivity contribution in [3.05, 3.63) is 30.5 Å². The first-order chi connectivity index (χ1) is 12.9. The summed E-state index contributed by atoms with van der Waals surface area (Å²) in [6.07, 6.45) is 3.75. The number of aliphatic carboxylic acids is 1. The van der Waals surface area contributed by atoms with E-state index in [2.05, 4.69) is 19.9 Å². The number of imidazole rings is 1. The molecule has 0 aliphatic carbocycles. The summed E-state index contributed by atoms with van der Waals surface area (Å²) in [5.41, 5.74) is 0.317. The van der Waals surface area contributed by atoms with Gasteiger partial charge >= 0.3 is 5.97 Å². The zero-order valence-corrected chi connectivity index (χ0v) is 14.3. The molecule has 1 atom stereocenters. The number of aromatic nitrogens is 4. The lowest BCUT2D eigenvalue weighted by Gasteiger charge is -2.31. The molecule has 0 spiro atoms. The Bertz CT molecular complexity index is 867. The van der Waals surface area contributed by atoms with Crippen LogP contribution in [0.15, 0.2) is 24.7 Å². The molecule has 2 aromatic rings. The third-order valence-electron chi connectivity index (χ3n) is 4.27. The number of hydrogen-bond donors (Lipinski definition) is 3. The first kappa shape index (κ1) is 18.6. The van der Waals surface area contributed by atoms with Gasteiger partial charge in [-0.25, -0.2) is 23.7 Å². The summed E-state index contributed by atoms with van der Waals surface area (Å²) >= 11 is 0. The number of aromatic amines is 1. The third kappa shape index (κ3) is 4.52. The highest BCUT2D eigenvalue weighted by molar-refractivity contribution is 5.97. The van der Waals surface area contributed by atoms with Crippen LogP contribution in [0.1, 0.15) is 18.7 Å². The highest BCUT2D eigenvalue weighted by atomic mass is 19.3. The van der Waals surface area contributed by atoms with Crippen LogP contribution in [-0.2, 0) is 4.79 Å². The maximum atomic E-state index is 12.3. The summed E-state index contributed by atoms with van der Waals surface area (Å²) in [7, 11) is 0. The van der Waals surface area contributed by atoms with E-state index in [1.54, 1.807) is 6.07 Å². The molecule has 3 rings (SSSR count). The van der Waals surface area contributed by atoms with Crippen LogP contribution >= 0.6 is 0 Å². The molecule has 3 N–H and O–H groups in total. The van der Waals surface area contributed by atoms with Crippen LogP contribution in [0.5, 0.6) is 0 Å². The molecule has 3 heterocycles. The van der Waals surface area contributed by atoms with Crippen molar-refractivity contribution in [1.29, 1.82) is 5.41 Å². The van der Waals surface area contributed by atoms with Crippen LogP contribution in [0.3, 0.4) is 0 Å². The van der Waals surface area contributed by atoms with Crippen molar-refractivity contribution in [1.82, 2.24) is 19.9 Å². The van der Waals surface area contributed by atoms with Crippen LogP contribution in [0.4, 0.5) is 14.6 Å². The number of carboxylic acids is 1. The third-order valence-corrected chi connectivity index (χ3v) is 4.27. The van der Waals surface area contributed by atoms with Gasteiger partial charge in [-0.2, -0.15) is 0 Å². The molecular formula is C17H18F2N6O2. The Labute approximate surface area is 153 Å². The number of alkyl halides is 2. The van der Waals surface area contributed by atoms with E-state index in [0.29, 0.717) is 42.5 Å². The van der Waals surface area contributed by atoms with Gasteiger partial charge in [-0.15, -0.1) is 0 Å². The van der Waals surface area contributed by atoms with E-state index in [0.717, 1.165) is 12.5 Å². The first-order valence-corrected chi connectivity index (χ1v) is 8.34. The molecule has 0 bridgehead atoms. The fourth-order valence-corrected chi connectivity index (χ4v) is 2.85. The second-order valence-corrected chi connectivity index (χ2v) is 6.16. The summed E-state index contributed by atoms with van der Waals surface area (Å²) < 4.78 is 24.7. The number of piperidine rings is 1. The van der Waals surface area contributed by atoms with E-state index in [9.17, 15) is 18.7 Å². The average molecular weight is 376 g/mol. The van der Waals surface area contributed by atoms with E-state index < -0.39 is 24.0 Å². The maximum absolute atomic E-state index is 12.3. The number of nitrogens with zero attached hydrogens (tertiary/aromatic N) is 4. The van der Waals surface area contributed by atoms with Crippen molar-refractivity contribution in [3.63, 3.8) is 0 Å². The second kappa shape index (κ2) is 8.02. The highest BCUT2D eigenvalue weighted by Gasteiger charge is 2.26. The topological polar surface area (TPSA) is 119 Å². The smallest absolute Gasteiger partial charge is 0.308 e. The van der Waals surface area contributed by atoms with Crippen LogP contribution in [-0.4, -0.2) is 56.2 Å². The van der Waals surface area contributed by atoms with Crippen molar-refractivity contribution in [2.45, 2.75) is 19.3 Å². The zero-order valence-electron chi connectivity index (χ0n) is 14.3. The predicted octanol–water partition coefficient (Wildman–Crippen LogP) is 2.47. The predicted molar refractivity (Wildman–Crippen MR) is 95.0 cm³/mol. The summed E-state index contributed by atoms with van der Waals surface area (Å²) in [4.78, 5) is 28.6. The van der Waals surface area contributed by atoms with Gasteiger partial charge in [-0.3, -0.25) is 10.2 Å². The van der Waals surface area contributed by atoms with E-state index in [1.807, 2.05) is 4.90 Å². The SMILES string of the molecule is N=C(/C=C\c1ncc(-c2cc(N3CCC[C@H](C(=O)O)C3)ncn2)[nH]1)C(F)F. The lowest BCUT2D eigenvalue weighted by molar-refractivity contribution is -0.141. The van der Waals surface area contributed by atoms with Crippen LogP contribution in [0, 0.1) is 11.3 Å². The molecular weight excluding hydrogens is 358 g/mol. The van der Waals surface area contributed by atoms with Crippen molar-refractivity contribution in [2.75, 3.05) is 18.0 Å². The number of halogens is 2. The molecule has 2 aromatic heterocycles. The zero-order chi connectivity index (χ0) is 19.4. The number of carboxylic acid groups (broad SMARTS) is 1. The Morgan fingerprint density at radius 3 is 2.96 bits per heavy atom. The Morgan fingerprint density at radius 1 is 1.41 bits per heavy atom. The fourth-order valence-electron chi connectivity index (χ4n) is 2.85. The molecule has 0 radical (unpaired) electrons. The second-order valence-electron chi connectivity index (χ2n) is 6.16. The quantitative estimate of drug-likeness (QED) is 0.667. The van der Waals surface area contributed by atoms with Crippen molar-refractivity contribution >= 4 is 23.6 Å². The molecule has 1 aliphatic rings. The minimum atomic E-state index is -2.83. The van der Waals surface area contributed by atoms with Gasteiger partial charge in [-0.05, 0) is 25.0 Å². The van der Waals surface area contributed by atoms with Gasteiger partial charge in [0.15, 0.2) is 0 Å². The molecule has 0 aromatic carbocycles.